The summed E-state index contributed by atoms with van der Waals surface area (Å²) in [7, 11) is 0. The lowest BCUT2D eigenvalue weighted by Gasteiger charge is -2.28. The highest BCUT2D eigenvalue weighted by atomic mass is 15.2. The van der Waals surface area contributed by atoms with Gasteiger partial charge in [0.25, 0.3) is 0 Å². The lowest BCUT2D eigenvalue weighted by molar-refractivity contribution is 0.221. The van der Waals surface area contributed by atoms with Crippen molar-refractivity contribution in [1.82, 2.24) is 4.90 Å². The fourth-order valence-corrected chi connectivity index (χ4v) is 2.81. The van der Waals surface area contributed by atoms with E-state index < -0.39 is 0 Å². The van der Waals surface area contributed by atoms with Crippen molar-refractivity contribution in [2.24, 2.45) is 11.7 Å². The van der Waals surface area contributed by atoms with E-state index in [0.29, 0.717) is 5.92 Å². The van der Waals surface area contributed by atoms with E-state index in [-0.39, 0.29) is 12.1 Å². The summed E-state index contributed by atoms with van der Waals surface area (Å²) in [6.07, 6.45) is 1.04. The Balaban J connectivity index is 2.25. The molecule has 2 unspecified atom stereocenters. The zero-order chi connectivity index (χ0) is 13.1. The number of rotatable bonds is 3. The molecule has 1 aliphatic heterocycles. The molecule has 18 heavy (non-hydrogen) atoms. The average molecular weight is 243 g/mol. The van der Waals surface area contributed by atoms with Gasteiger partial charge in [-0.15, -0.1) is 0 Å². The van der Waals surface area contributed by atoms with Crippen LogP contribution in [0.15, 0.2) is 24.3 Å². The molecule has 0 bridgehead atoms. The van der Waals surface area contributed by atoms with Gasteiger partial charge in [-0.05, 0) is 30.0 Å². The van der Waals surface area contributed by atoms with E-state index in [4.69, 9.17) is 11.0 Å². The van der Waals surface area contributed by atoms with Gasteiger partial charge in [0.1, 0.15) is 0 Å². The lowest BCUT2D eigenvalue weighted by Crippen LogP contribution is -2.33. The summed E-state index contributed by atoms with van der Waals surface area (Å²) in [5.74, 6) is 0.636. The summed E-state index contributed by atoms with van der Waals surface area (Å²) < 4.78 is 0. The Kier molecular flexibility index (Phi) is 4.00. The van der Waals surface area contributed by atoms with E-state index in [2.05, 4.69) is 30.9 Å². The smallest absolute Gasteiger partial charge is 0.0991 e. The summed E-state index contributed by atoms with van der Waals surface area (Å²) in [5, 5.41) is 8.99. The average Bonchev–Trinajstić information content (AvgIpc) is 2.70. The number of likely N-dealkylation sites (tertiary alicyclic amines) is 1. The molecule has 1 saturated heterocycles. The molecule has 0 saturated carbocycles. The number of nitriles is 1. The summed E-state index contributed by atoms with van der Waals surface area (Å²) in [6.45, 7) is 6.58. The van der Waals surface area contributed by atoms with Gasteiger partial charge in [-0.2, -0.15) is 5.26 Å². The highest BCUT2D eigenvalue weighted by Crippen LogP contribution is 2.32. The molecule has 96 valence electrons. The van der Waals surface area contributed by atoms with Crippen LogP contribution in [0.25, 0.3) is 0 Å². The molecule has 0 radical (unpaired) electrons. The van der Waals surface area contributed by atoms with Crippen LogP contribution < -0.4 is 5.73 Å². The zero-order valence-corrected chi connectivity index (χ0v) is 11.1. The minimum Gasteiger partial charge on any atom is -0.326 e. The highest BCUT2D eigenvalue weighted by Gasteiger charge is 2.32. The maximum Gasteiger partial charge on any atom is 0.0991 e. The third-order valence-corrected chi connectivity index (χ3v) is 3.51. The second-order valence-corrected chi connectivity index (χ2v) is 5.52. The minimum atomic E-state index is 0.178. The van der Waals surface area contributed by atoms with Crippen molar-refractivity contribution in [1.29, 1.82) is 5.26 Å². The van der Waals surface area contributed by atoms with E-state index in [1.807, 2.05) is 18.2 Å². The molecule has 0 aliphatic carbocycles. The molecule has 3 heteroatoms. The second-order valence-electron chi connectivity index (χ2n) is 5.52. The second kappa shape index (κ2) is 5.51. The maximum atomic E-state index is 8.99. The molecule has 0 amide bonds. The Labute approximate surface area is 109 Å². The quantitative estimate of drug-likeness (QED) is 0.886. The van der Waals surface area contributed by atoms with Crippen LogP contribution in [0.1, 0.15) is 37.4 Å². The molecule has 1 aromatic rings. The van der Waals surface area contributed by atoms with Crippen LogP contribution in [0.4, 0.5) is 0 Å². The SMILES string of the molecule is CC(C)CN1CCC(N)C1c1cccc(C#N)c1. The van der Waals surface area contributed by atoms with Crippen LogP contribution in [0.2, 0.25) is 0 Å². The Morgan fingerprint density at radius 3 is 2.94 bits per heavy atom. The van der Waals surface area contributed by atoms with E-state index >= 15 is 0 Å². The summed E-state index contributed by atoms with van der Waals surface area (Å²) >= 11 is 0. The fourth-order valence-electron chi connectivity index (χ4n) is 2.81. The monoisotopic (exact) mass is 243 g/mol. The third-order valence-electron chi connectivity index (χ3n) is 3.51. The van der Waals surface area contributed by atoms with Gasteiger partial charge >= 0.3 is 0 Å². The van der Waals surface area contributed by atoms with Crippen LogP contribution >= 0.6 is 0 Å². The van der Waals surface area contributed by atoms with Crippen LogP contribution in [0.3, 0.4) is 0 Å². The molecule has 0 spiro atoms. The molecular formula is C15H21N3. The summed E-state index contributed by atoms with van der Waals surface area (Å²) in [4.78, 5) is 2.45. The molecule has 2 N–H and O–H groups in total. The molecule has 2 rings (SSSR count). The van der Waals surface area contributed by atoms with Crippen LogP contribution in [-0.4, -0.2) is 24.0 Å². The predicted molar refractivity (Wildman–Crippen MR) is 72.9 cm³/mol. The van der Waals surface area contributed by atoms with Crippen LogP contribution in [0.5, 0.6) is 0 Å². The number of nitrogens with zero attached hydrogens (tertiary/aromatic N) is 2. The number of nitrogens with two attached hydrogens (primary N) is 1. The van der Waals surface area contributed by atoms with E-state index in [1.54, 1.807) is 0 Å². The summed E-state index contributed by atoms with van der Waals surface area (Å²) in [5.41, 5.74) is 8.14. The number of benzene rings is 1. The molecule has 1 heterocycles. The first-order valence-corrected chi connectivity index (χ1v) is 6.61. The fraction of sp³-hybridized carbons (Fsp3) is 0.533. The van der Waals surface area contributed by atoms with Gasteiger partial charge in [0.2, 0.25) is 0 Å². The van der Waals surface area contributed by atoms with Gasteiger partial charge < -0.3 is 5.73 Å². The van der Waals surface area contributed by atoms with Crippen molar-refractivity contribution >= 4 is 0 Å². The largest absolute Gasteiger partial charge is 0.326 e. The molecule has 0 aromatic heterocycles. The highest BCUT2D eigenvalue weighted by molar-refractivity contribution is 5.35. The molecule has 1 aliphatic rings. The van der Waals surface area contributed by atoms with Gasteiger partial charge in [-0.1, -0.05) is 26.0 Å². The maximum absolute atomic E-state index is 8.99. The van der Waals surface area contributed by atoms with Crippen molar-refractivity contribution in [2.75, 3.05) is 13.1 Å². The molecule has 1 fully saturated rings. The van der Waals surface area contributed by atoms with E-state index in [9.17, 15) is 0 Å². The minimum absolute atomic E-state index is 0.178. The van der Waals surface area contributed by atoms with Gasteiger partial charge in [0.05, 0.1) is 11.6 Å². The van der Waals surface area contributed by atoms with Gasteiger partial charge in [0, 0.05) is 25.2 Å². The Morgan fingerprint density at radius 2 is 2.28 bits per heavy atom. The predicted octanol–water partition coefficient (Wildman–Crippen LogP) is 2.29. The Bertz CT molecular complexity index is 447. The normalized spacial score (nSPS) is 24.4. The summed E-state index contributed by atoms with van der Waals surface area (Å²) in [6, 6.07) is 10.5. The number of hydrogen-bond acceptors (Lipinski definition) is 3. The van der Waals surface area contributed by atoms with Crippen molar-refractivity contribution in [3.63, 3.8) is 0 Å². The van der Waals surface area contributed by atoms with Crippen molar-refractivity contribution in [3.05, 3.63) is 35.4 Å². The molecule has 1 aromatic carbocycles. The van der Waals surface area contributed by atoms with E-state index in [0.717, 1.165) is 25.1 Å². The van der Waals surface area contributed by atoms with Gasteiger partial charge in [0.15, 0.2) is 0 Å². The zero-order valence-electron chi connectivity index (χ0n) is 11.1. The van der Waals surface area contributed by atoms with Crippen molar-refractivity contribution < 1.29 is 0 Å². The first-order chi connectivity index (χ1) is 8.61. The van der Waals surface area contributed by atoms with E-state index in [1.165, 1.54) is 5.56 Å². The Hall–Kier alpha value is -1.37. The molecule has 2 atom stereocenters. The number of hydrogen-bond donors (Lipinski definition) is 1. The van der Waals surface area contributed by atoms with Crippen LogP contribution in [0, 0.1) is 17.2 Å². The first kappa shape index (κ1) is 13.1. The van der Waals surface area contributed by atoms with Crippen molar-refractivity contribution in [2.45, 2.75) is 32.4 Å². The van der Waals surface area contributed by atoms with Crippen molar-refractivity contribution in [3.8, 4) is 6.07 Å². The molecule has 3 nitrogen and oxygen atoms in total. The third kappa shape index (κ3) is 2.72. The first-order valence-electron chi connectivity index (χ1n) is 6.61. The molecular weight excluding hydrogens is 222 g/mol. The Morgan fingerprint density at radius 1 is 1.50 bits per heavy atom. The lowest BCUT2D eigenvalue weighted by atomic mass is 9.98. The van der Waals surface area contributed by atoms with Crippen LogP contribution in [-0.2, 0) is 0 Å². The topological polar surface area (TPSA) is 53.0 Å². The van der Waals surface area contributed by atoms with Gasteiger partial charge in [-0.25, -0.2) is 0 Å². The van der Waals surface area contributed by atoms with Gasteiger partial charge in [-0.3, -0.25) is 4.90 Å². The standard InChI is InChI=1S/C15H21N3/c1-11(2)10-18-7-6-14(17)15(18)13-5-3-4-12(8-13)9-16/h3-5,8,11,14-15H,6-7,10,17H2,1-2H3.